The summed E-state index contributed by atoms with van der Waals surface area (Å²) >= 11 is 7.72. The molecule has 1 aromatic heterocycles. The van der Waals surface area contributed by atoms with Crippen LogP contribution in [0.25, 0.3) is 5.03 Å². The van der Waals surface area contributed by atoms with Crippen LogP contribution in [0.3, 0.4) is 0 Å². The summed E-state index contributed by atoms with van der Waals surface area (Å²) in [5, 5.41) is 13.1. The minimum absolute atomic E-state index is 0.184. The number of hydrogen-bond acceptors (Lipinski definition) is 6. The van der Waals surface area contributed by atoms with E-state index in [4.69, 9.17) is 21.3 Å². The smallest absolute Gasteiger partial charge is 0.407 e. The van der Waals surface area contributed by atoms with E-state index < -0.39 is 12.1 Å². The van der Waals surface area contributed by atoms with Gasteiger partial charge in [0.1, 0.15) is 18.5 Å². The summed E-state index contributed by atoms with van der Waals surface area (Å²) in [7, 11) is 0. The van der Waals surface area contributed by atoms with Crippen LogP contribution in [0.4, 0.5) is 4.79 Å². The fourth-order valence-electron chi connectivity index (χ4n) is 3.83. The zero-order chi connectivity index (χ0) is 24.9. The van der Waals surface area contributed by atoms with Crippen molar-refractivity contribution < 1.29 is 9.53 Å². The number of hydrogen-bond donors (Lipinski definition) is 1. The molecule has 0 radical (unpaired) electrons. The summed E-state index contributed by atoms with van der Waals surface area (Å²) in [6.45, 7) is 8.45. The van der Waals surface area contributed by atoms with Crippen LogP contribution in [-0.4, -0.2) is 39.4 Å². The van der Waals surface area contributed by atoms with Crippen LogP contribution < -0.4 is 5.32 Å². The summed E-state index contributed by atoms with van der Waals surface area (Å²) in [6, 6.07) is 16.6. The van der Waals surface area contributed by atoms with E-state index in [-0.39, 0.29) is 13.2 Å². The number of nitrogens with one attached hydrogen (secondary N) is 1. The lowest BCUT2D eigenvalue weighted by Gasteiger charge is -2.16. The Kier molecular flexibility index (Phi) is 7.73. The van der Waals surface area contributed by atoms with Crippen molar-refractivity contribution in [3.8, 4) is 0 Å². The lowest BCUT2D eigenvalue weighted by Crippen LogP contribution is -2.29. The molecule has 7 nitrogen and oxygen atoms in total. The van der Waals surface area contributed by atoms with Gasteiger partial charge in [-0.05, 0) is 43.4 Å². The van der Waals surface area contributed by atoms with Crippen LogP contribution in [0.2, 0.25) is 5.02 Å². The number of halogens is 1. The molecule has 1 aliphatic rings. The zero-order valence-corrected chi connectivity index (χ0v) is 21.4. The van der Waals surface area contributed by atoms with E-state index >= 15 is 0 Å². The number of fused-ring (bicyclic) bond motifs is 1. The van der Waals surface area contributed by atoms with Crippen LogP contribution in [0, 0.1) is 6.92 Å². The normalized spacial score (nSPS) is 15.2. The third kappa shape index (κ3) is 5.49. The van der Waals surface area contributed by atoms with E-state index in [9.17, 15) is 4.79 Å². The van der Waals surface area contributed by atoms with E-state index in [1.807, 2.05) is 79.3 Å². The van der Waals surface area contributed by atoms with Gasteiger partial charge in [-0.1, -0.05) is 60.6 Å². The molecule has 0 bridgehead atoms. The third-order valence-corrected chi connectivity index (χ3v) is 6.50. The van der Waals surface area contributed by atoms with Crippen molar-refractivity contribution in [2.75, 3.05) is 12.8 Å². The molecule has 0 aliphatic carbocycles. The van der Waals surface area contributed by atoms with Crippen molar-refractivity contribution in [3.05, 3.63) is 100 Å². The first kappa shape index (κ1) is 24.8. The first-order valence-corrected chi connectivity index (χ1v) is 12.6. The molecule has 1 aliphatic heterocycles. The first-order valence-electron chi connectivity index (χ1n) is 11.0. The minimum atomic E-state index is -0.526. The van der Waals surface area contributed by atoms with Gasteiger partial charge in [0.05, 0.1) is 17.3 Å². The lowest BCUT2D eigenvalue weighted by molar-refractivity contribution is 0.139. The number of rotatable bonds is 7. The van der Waals surface area contributed by atoms with Crippen LogP contribution in [-0.2, 0) is 11.3 Å². The third-order valence-electron chi connectivity index (χ3n) is 5.48. The molecule has 0 spiro atoms. The van der Waals surface area contributed by atoms with Crippen LogP contribution >= 0.6 is 23.4 Å². The molecule has 0 fully saturated rings. The Hall–Kier alpha value is -3.36. The topological polar surface area (TPSA) is 81.4 Å². The number of carbonyl (C=O) groups excluding carboxylic acids is 1. The van der Waals surface area contributed by atoms with E-state index in [1.54, 1.807) is 11.8 Å². The van der Waals surface area contributed by atoms with Gasteiger partial charge >= 0.3 is 6.09 Å². The maximum absolute atomic E-state index is 12.5. The quantitative estimate of drug-likeness (QED) is 0.436. The standard InChI is InChI=1S/C26H26ClN5O2S/c1-16(2)22-23(19-10-12-20(27)13-11-19)29-21(24-31-30-17(3)32(24)25(22)35-4)14-28-26(33)34-15-18-8-6-5-7-9-18/h5-13,21H,1,14-15H2,2-4H3,(H,28,33)/t21-/m0/s1. The minimum Gasteiger partial charge on any atom is -0.445 e. The molecule has 1 N–H and O–H groups in total. The summed E-state index contributed by atoms with van der Waals surface area (Å²) in [5.74, 6) is 1.37. The Balaban J connectivity index is 1.68. The highest BCUT2D eigenvalue weighted by atomic mass is 35.5. The Morgan fingerprint density at radius 3 is 2.54 bits per heavy atom. The van der Waals surface area contributed by atoms with Crippen molar-refractivity contribution in [3.63, 3.8) is 0 Å². The Morgan fingerprint density at radius 1 is 1.17 bits per heavy atom. The highest BCUT2D eigenvalue weighted by Crippen LogP contribution is 2.37. The van der Waals surface area contributed by atoms with Gasteiger partial charge in [0, 0.05) is 16.2 Å². The number of carbonyl (C=O) groups is 1. The Morgan fingerprint density at radius 2 is 1.89 bits per heavy atom. The molecule has 0 saturated heterocycles. The molecule has 2 aromatic carbocycles. The number of thioether (sulfide) groups is 1. The Labute approximate surface area is 214 Å². The molecule has 9 heteroatoms. The van der Waals surface area contributed by atoms with Crippen molar-refractivity contribution in [2.24, 2.45) is 4.99 Å². The predicted octanol–water partition coefficient (Wildman–Crippen LogP) is 5.82. The van der Waals surface area contributed by atoms with Gasteiger partial charge in [0.25, 0.3) is 0 Å². The summed E-state index contributed by atoms with van der Waals surface area (Å²) in [4.78, 5) is 17.5. The fraction of sp³-hybridized carbons (Fsp3) is 0.231. The van der Waals surface area contributed by atoms with Gasteiger partial charge in [-0.2, -0.15) is 0 Å². The number of aryl methyl sites for hydroxylation is 1. The average molecular weight is 508 g/mol. The van der Waals surface area contributed by atoms with Crippen molar-refractivity contribution in [1.82, 2.24) is 20.1 Å². The largest absolute Gasteiger partial charge is 0.445 e. The van der Waals surface area contributed by atoms with Gasteiger partial charge in [-0.3, -0.25) is 9.56 Å². The molecule has 35 heavy (non-hydrogen) atoms. The SMILES string of the molecule is C=C(C)C1=C(SC)n2c(C)nnc2[C@H](CNC(=O)OCc2ccccc2)N=C1c1ccc(Cl)cc1. The maximum atomic E-state index is 12.5. The number of allylic oxidation sites excluding steroid dienone is 2. The molecule has 3 aromatic rings. The Bertz CT molecular complexity index is 1300. The van der Waals surface area contributed by atoms with Crippen molar-refractivity contribution in [1.29, 1.82) is 0 Å². The van der Waals surface area contributed by atoms with Gasteiger partial charge in [-0.25, -0.2) is 4.79 Å². The maximum Gasteiger partial charge on any atom is 0.407 e. The number of ether oxygens (including phenoxy) is 1. The summed E-state index contributed by atoms with van der Waals surface area (Å²) in [5.41, 5.74) is 4.33. The average Bonchev–Trinajstić information content (AvgIpc) is 3.16. The summed E-state index contributed by atoms with van der Waals surface area (Å²) in [6.07, 6.45) is 1.47. The zero-order valence-electron chi connectivity index (χ0n) is 19.8. The number of nitrogens with zero attached hydrogens (tertiary/aromatic N) is 4. The molecular weight excluding hydrogens is 482 g/mol. The molecule has 2 heterocycles. The summed E-state index contributed by atoms with van der Waals surface area (Å²) < 4.78 is 7.37. The molecule has 180 valence electrons. The lowest BCUT2D eigenvalue weighted by atomic mass is 9.98. The van der Waals surface area contributed by atoms with Gasteiger partial charge in [0.2, 0.25) is 0 Å². The second-order valence-corrected chi connectivity index (χ2v) is 9.28. The van der Waals surface area contributed by atoms with Gasteiger partial charge in [0.15, 0.2) is 5.82 Å². The highest BCUT2D eigenvalue weighted by molar-refractivity contribution is 8.07. The van der Waals surface area contributed by atoms with Gasteiger partial charge in [-0.15, -0.1) is 22.0 Å². The van der Waals surface area contributed by atoms with Crippen molar-refractivity contribution in [2.45, 2.75) is 26.5 Å². The molecule has 0 saturated carbocycles. The highest BCUT2D eigenvalue weighted by Gasteiger charge is 2.30. The van der Waals surface area contributed by atoms with E-state index in [0.717, 1.165) is 38.8 Å². The fourth-order valence-corrected chi connectivity index (χ4v) is 4.84. The van der Waals surface area contributed by atoms with E-state index in [0.29, 0.717) is 10.8 Å². The number of amides is 1. The first-order chi connectivity index (χ1) is 16.9. The number of aromatic nitrogens is 3. The van der Waals surface area contributed by atoms with Crippen LogP contribution in [0.5, 0.6) is 0 Å². The monoisotopic (exact) mass is 507 g/mol. The number of alkyl carbamates (subject to hydrolysis) is 1. The second-order valence-electron chi connectivity index (χ2n) is 8.05. The molecule has 4 rings (SSSR count). The van der Waals surface area contributed by atoms with E-state index in [1.165, 1.54) is 0 Å². The molecule has 1 amide bonds. The van der Waals surface area contributed by atoms with Crippen LogP contribution in [0.15, 0.2) is 77.3 Å². The number of aliphatic imine (C=N–C) groups is 1. The molecule has 0 unspecified atom stereocenters. The van der Waals surface area contributed by atoms with Crippen LogP contribution in [0.1, 0.15) is 35.7 Å². The molecular formula is C26H26ClN5O2S. The van der Waals surface area contributed by atoms with E-state index in [2.05, 4.69) is 22.1 Å². The van der Waals surface area contributed by atoms with Gasteiger partial charge < -0.3 is 10.1 Å². The number of benzene rings is 2. The predicted molar refractivity (Wildman–Crippen MR) is 142 cm³/mol. The second kappa shape index (κ2) is 10.9. The van der Waals surface area contributed by atoms with Crippen molar-refractivity contribution >= 4 is 40.2 Å². The molecule has 1 atom stereocenters.